The zero-order chi connectivity index (χ0) is 44.2. The Balaban J connectivity index is 1.27. The summed E-state index contributed by atoms with van der Waals surface area (Å²) in [6.45, 7) is 10.6. The second-order valence-corrected chi connectivity index (χ2v) is 16.9. The number of hydrogen-bond donors (Lipinski definition) is 1. The number of para-hydroxylation sites is 1. The van der Waals surface area contributed by atoms with Gasteiger partial charge in [-0.2, -0.15) is 0 Å². The van der Waals surface area contributed by atoms with Gasteiger partial charge in [0.2, 0.25) is 0 Å². The summed E-state index contributed by atoms with van der Waals surface area (Å²) >= 11 is 0. The van der Waals surface area contributed by atoms with E-state index < -0.39 is 6.85 Å². The Hall–Kier alpha value is -7.04. The number of aromatic nitrogens is 3. The van der Waals surface area contributed by atoms with Crippen molar-refractivity contribution in [1.82, 2.24) is 14.5 Å². The van der Waals surface area contributed by atoms with E-state index in [1.807, 2.05) is 62.4 Å². The summed E-state index contributed by atoms with van der Waals surface area (Å²) in [4.78, 5) is 10.4. The van der Waals surface area contributed by atoms with Gasteiger partial charge in [0.1, 0.15) is 11.6 Å². The molecule has 0 saturated carbocycles. The number of phenolic OH excluding ortho intramolecular Hbond substituents is 1. The van der Waals surface area contributed by atoms with Crippen molar-refractivity contribution >= 4 is 11.0 Å². The summed E-state index contributed by atoms with van der Waals surface area (Å²) < 4.78 is 25.7. The average molecular weight is 783 g/mol. The highest BCUT2D eigenvalue weighted by Crippen LogP contribution is 2.43. The molecule has 1 N–H and O–H groups in total. The van der Waals surface area contributed by atoms with Crippen LogP contribution in [0.25, 0.3) is 83.9 Å². The number of nitrogens with zero attached hydrogens (tertiary/aromatic N) is 3. The summed E-state index contributed by atoms with van der Waals surface area (Å²) in [6, 6.07) is 53.7. The first-order valence-corrected chi connectivity index (χ1v) is 20.4. The zero-order valence-corrected chi connectivity index (χ0v) is 34.9. The molecule has 0 fully saturated rings. The van der Waals surface area contributed by atoms with Crippen LogP contribution in [0.15, 0.2) is 164 Å². The van der Waals surface area contributed by atoms with Gasteiger partial charge < -0.3 is 5.11 Å². The highest BCUT2D eigenvalue weighted by Gasteiger charge is 2.24. The van der Waals surface area contributed by atoms with Crippen molar-refractivity contribution in [2.24, 2.45) is 0 Å². The van der Waals surface area contributed by atoms with Crippen LogP contribution in [0.5, 0.6) is 5.75 Å². The third-order valence-corrected chi connectivity index (χ3v) is 11.5. The number of fused-ring (bicyclic) bond motifs is 1. The van der Waals surface area contributed by atoms with E-state index in [0.29, 0.717) is 17.0 Å². The molecule has 294 valence electrons. The molecule has 4 heteroatoms. The van der Waals surface area contributed by atoms with Gasteiger partial charge in [0.15, 0.2) is 0 Å². The second kappa shape index (κ2) is 15.3. The molecule has 4 nitrogen and oxygen atoms in total. The summed E-state index contributed by atoms with van der Waals surface area (Å²) in [6.07, 6.45) is 1.80. The Morgan fingerprint density at radius 2 is 1.22 bits per heavy atom. The lowest BCUT2D eigenvalue weighted by Gasteiger charge is -2.20. The number of imidazole rings is 1. The molecular formula is C56H49N3O. The first-order valence-electron chi connectivity index (χ1n) is 21.9. The minimum Gasteiger partial charge on any atom is -0.507 e. The van der Waals surface area contributed by atoms with E-state index in [1.54, 1.807) is 18.3 Å². The lowest BCUT2D eigenvalue weighted by Crippen LogP contribution is -2.10. The van der Waals surface area contributed by atoms with Crippen molar-refractivity contribution in [2.45, 2.75) is 53.8 Å². The molecule has 0 aliphatic heterocycles. The zero-order valence-electron chi connectivity index (χ0n) is 37.9. The lowest BCUT2D eigenvalue weighted by molar-refractivity contribution is 0.472. The molecule has 0 radical (unpaired) electrons. The topological polar surface area (TPSA) is 50.9 Å². The standard InChI is InChI=1S/C56H49N3O/c1-35-16-19-40(20-17-35)42-26-27-57-50(34-42)45-32-43(39-12-9-8-10-13-39)31-44(33-45)47-14-11-15-52-53(47)58-55(49-30-37(3)28-38(4)54(49)60)59(52)51-25-18-36(2)29-48(51)41-21-23-46(24-22-41)56(5,6)7/h8-34,60H,1-7H3/i1D3. The summed E-state index contributed by atoms with van der Waals surface area (Å²) in [5.41, 5.74) is 17.6. The van der Waals surface area contributed by atoms with Gasteiger partial charge in [0.05, 0.1) is 28.0 Å². The second-order valence-electron chi connectivity index (χ2n) is 16.9. The highest BCUT2D eigenvalue weighted by atomic mass is 16.3. The van der Waals surface area contributed by atoms with Crippen LogP contribution in [-0.4, -0.2) is 19.6 Å². The van der Waals surface area contributed by atoms with Gasteiger partial charge in [-0.05, 0) is 138 Å². The fourth-order valence-corrected chi connectivity index (χ4v) is 8.27. The molecular weight excluding hydrogens is 731 g/mol. The molecule has 0 spiro atoms. The largest absolute Gasteiger partial charge is 0.507 e. The number of hydrogen-bond acceptors (Lipinski definition) is 3. The van der Waals surface area contributed by atoms with Crippen LogP contribution in [0.1, 0.15) is 52.7 Å². The van der Waals surface area contributed by atoms with Crippen molar-refractivity contribution in [1.29, 1.82) is 0 Å². The first kappa shape index (κ1) is 35.0. The van der Waals surface area contributed by atoms with Crippen LogP contribution < -0.4 is 0 Å². The van der Waals surface area contributed by atoms with E-state index in [0.717, 1.165) is 89.2 Å². The van der Waals surface area contributed by atoms with Gasteiger partial charge in [0, 0.05) is 27.0 Å². The fourth-order valence-electron chi connectivity index (χ4n) is 8.27. The highest BCUT2D eigenvalue weighted by molar-refractivity contribution is 5.98. The normalized spacial score (nSPS) is 12.6. The van der Waals surface area contributed by atoms with Crippen LogP contribution in [-0.2, 0) is 5.41 Å². The monoisotopic (exact) mass is 782 g/mol. The van der Waals surface area contributed by atoms with Gasteiger partial charge in [-0.15, -0.1) is 0 Å². The van der Waals surface area contributed by atoms with E-state index in [-0.39, 0.29) is 11.2 Å². The maximum atomic E-state index is 11.8. The molecule has 0 atom stereocenters. The number of pyridine rings is 1. The molecule has 0 amide bonds. The number of aromatic hydroxyl groups is 1. The smallest absolute Gasteiger partial charge is 0.149 e. The third kappa shape index (κ3) is 7.30. The number of aryl methyl sites for hydroxylation is 4. The molecule has 0 aliphatic carbocycles. The predicted molar refractivity (Wildman–Crippen MR) is 251 cm³/mol. The quantitative estimate of drug-likeness (QED) is 0.175. The molecule has 0 aliphatic rings. The van der Waals surface area contributed by atoms with Gasteiger partial charge in [-0.3, -0.25) is 9.55 Å². The Kier molecular flexibility index (Phi) is 8.90. The maximum absolute atomic E-state index is 11.8. The van der Waals surface area contributed by atoms with Crippen LogP contribution >= 0.6 is 0 Å². The minimum absolute atomic E-state index is 0.0183. The van der Waals surface area contributed by atoms with E-state index >= 15 is 0 Å². The average Bonchev–Trinajstić information content (AvgIpc) is 3.67. The van der Waals surface area contributed by atoms with Crippen LogP contribution in [0.4, 0.5) is 0 Å². The van der Waals surface area contributed by atoms with E-state index in [4.69, 9.17) is 14.1 Å². The molecule has 0 bridgehead atoms. The van der Waals surface area contributed by atoms with Crippen LogP contribution in [0, 0.1) is 27.6 Å². The van der Waals surface area contributed by atoms with Crippen molar-refractivity contribution in [2.75, 3.05) is 0 Å². The summed E-state index contributed by atoms with van der Waals surface area (Å²) in [5, 5.41) is 11.8. The van der Waals surface area contributed by atoms with Crippen LogP contribution in [0.2, 0.25) is 0 Å². The van der Waals surface area contributed by atoms with Gasteiger partial charge in [-0.25, -0.2) is 4.98 Å². The summed E-state index contributed by atoms with van der Waals surface area (Å²) in [7, 11) is 0. The number of rotatable bonds is 7. The molecule has 60 heavy (non-hydrogen) atoms. The predicted octanol–water partition coefficient (Wildman–Crippen LogP) is 14.7. The Morgan fingerprint density at radius 3 is 1.97 bits per heavy atom. The number of benzene rings is 7. The fraction of sp³-hybridized carbons (Fsp3) is 0.143. The van der Waals surface area contributed by atoms with Crippen molar-refractivity contribution < 1.29 is 9.22 Å². The van der Waals surface area contributed by atoms with E-state index in [9.17, 15) is 5.11 Å². The Morgan fingerprint density at radius 1 is 0.533 bits per heavy atom. The molecule has 9 aromatic rings. The van der Waals surface area contributed by atoms with Crippen LogP contribution in [0.3, 0.4) is 0 Å². The molecule has 9 rings (SSSR count). The van der Waals surface area contributed by atoms with Gasteiger partial charge in [-0.1, -0.05) is 135 Å². The van der Waals surface area contributed by atoms with Crippen molar-refractivity contribution in [3.05, 3.63) is 192 Å². The van der Waals surface area contributed by atoms with Crippen molar-refractivity contribution in [3.8, 4) is 78.6 Å². The van der Waals surface area contributed by atoms with Crippen molar-refractivity contribution in [3.63, 3.8) is 0 Å². The summed E-state index contributed by atoms with van der Waals surface area (Å²) in [5.74, 6) is 0.853. The van der Waals surface area contributed by atoms with Gasteiger partial charge in [0.25, 0.3) is 0 Å². The van der Waals surface area contributed by atoms with E-state index in [2.05, 4.69) is 129 Å². The third-order valence-electron chi connectivity index (χ3n) is 11.5. The maximum Gasteiger partial charge on any atom is 0.149 e. The Labute approximate surface area is 357 Å². The molecule has 2 heterocycles. The lowest BCUT2D eigenvalue weighted by atomic mass is 9.86. The molecule has 2 aromatic heterocycles. The minimum atomic E-state index is -2.17. The molecule has 0 saturated heterocycles. The number of phenols is 1. The van der Waals surface area contributed by atoms with E-state index in [1.165, 1.54) is 5.56 Å². The van der Waals surface area contributed by atoms with Gasteiger partial charge >= 0.3 is 0 Å². The molecule has 0 unspecified atom stereocenters. The molecule has 7 aromatic carbocycles. The first-order chi connectivity index (χ1) is 30.1. The SMILES string of the molecule is [2H]C([2H])([2H])c1ccc(-c2ccnc(-c3cc(-c4ccccc4)cc(-c4cccc5c4nc(-c4cc(C)cc(C)c4O)n5-c4ccc(C)cc4-c4ccc(C(C)(C)C)cc4)c3)c2)cc1. The Bertz CT molecular complexity index is 3160.